The summed E-state index contributed by atoms with van der Waals surface area (Å²) in [5.41, 5.74) is 0.448. The van der Waals surface area contributed by atoms with Crippen LogP contribution < -0.4 is 14.6 Å². The number of benzene rings is 2. The number of hydrogen-bond donors (Lipinski definition) is 1. The van der Waals surface area contributed by atoms with Gasteiger partial charge in [-0.15, -0.1) is 3.89 Å². The van der Waals surface area contributed by atoms with Gasteiger partial charge in [0.1, 0.15) is 11.4 Å². The van der Waals surface area contributed by atoms with Gasteiger partial charge in [0.05, 0.1) is 14.9 Å². The Kier molecular flexibility index (Phi) is 7.44. The van der Waals surface area contributed by atoms with Crippen molar-refractivity contribution in [1.29, 1.82) is 0 Å². The maximum absolute atomic E-state index is 13.2. The molecule has 0 aliphatic carbocycles. The molecule has 1 amide bonds. The summed E-state index contributed by atoms with van der Waals surface area (Å²) in [5.74, 6) is -0.506. The third-order valence-electron chi connectivity index (χ3n) is 4.17. The fourth-order valence-electron chi connectivity index (χ4n) is 2.69. The monoisotopic (exact) mass is 497 g/mol. The maximum Gasteiger partial charge on any atom is 0.332 e. The average molecular weight is 498 g/mol. The van der Waals surface area contributed by atoms with Crippen LogP contribution in [0.3, 0.4) is 0 Å². The van der Waals surface area contributed by atoms with E-state index in [0.29, 0.717) is 21.5 Å². The van der Waals surface area contributed by atoms with Crippen LogP contribution in [0, 0.1) is 0 Å². The third-order valence-corrected chi connectivity index (χ3v) is 5.72. The van der Waals surface area contributed by atoms with Crippen molar-refractivity contribution in [1.82, 2.24) is 0 Å². The Bertz CT molecular complexity index is 1280. The largest absolute Gasteiger partial charge is 0.484 e. The first-order chi connectivity index (χ1) is 15.1. The number of ether oxygens (including phenoxy) is 1. The van der Waals surface area contributed by atoms with E-state index in [1.807, 2.05) is 0 Å². The number of hydrogen-bond acceptors (Lipinski definition) is 5. The van der Waals surface area contributed by atoms with Crippen LogP contribution in [0.25, 0.3) is 0 Å². The van der Waals surface area contributed by atoms with Gasteiger partial charge in [0, 0.05) is 17.7 Å². The lowest BCUT2D eigenvalue weighted by Gasteiger charge is -2.08. The lowest BCUT2D eigenvalue weighted by atomic mass is 10.1. The highest BCUT2D eigenvalue weighted by molar-refractivity contribution is 7.86. The molecular weight excluding hydrogens is 482 g/mol. The Hall–Kier alpha value is -3.01. The number of halogens is 3. The van der Waals surface area contributed by atoms with E-state index in [1.54, 1.807) is 30.5 Å². The van der Waals surface area contributed by atoms with Crippen molar-refractivity contribution in [3.8, 4) is 5.75 Å². The lowest BCUT2D eigenvalue weighted by molar-refractivity contribution is -0.682. The molecule has 32 heavy (non-hydrogen) atoms. The van der Waals surface area contributed by atoms with Gasteiger partial charge in [0.15, 0.2) is 19.0 Å². The SMILES string of the molecule is O=C(COc1ccc(Cl)c(Cl)c1)Nc1ccc[n+](CC(=O)c2cccc(S(=O)(=O)F)c2)c1. The summed E-state index contributed by atoms with van der Waals surface area (Å²) in [6.07, 6.45) is 3.11. The van der Waals surface area contributed by atoms with Crippen molar-refractivity contribution in [2.75, 3.05) is 11.9 Å². The van der Waals surface area contributed by atoms with Crippen LogP contribution in [0.4, 0.5) is 9.57 Å². The van der Waals surface area contributed by atoms with Crippen molar-refractivity contribution in [3.05, 3.63) is 82.6 Å². The molecule has 166 valence electrons. The third kappa shape index (κ3) is 6.49. The number of anilines is 1. The first-order valence-corrected chi connectivity index (χ1v) is 11.2. The van der Waals surface area contributed by atoms with E-state index in [4.69, 9.17) is 27.9 Å². The molecular formula is C21H16Cl2FN2O5S+. The van der Waals surface area contributed by atoms with Crippen LogP contribution in [-0.2, 0) is 21.6 Å². The topological polar surface area (TPSA) is 93.4 Å². The van der Waals surface area contributed by atoms with Crippen LogP contribution in [0.1, 0.15) is 10.4 Å². The van der Waals surface area contributed by atoms with Gasteiger partial charge in [-0.05, 0) is 30.3 Å². The predicted molar refractivity (Wildman–Crippen MR) is 116 cm³/mol. The van der Waals surface area contributed by atoms with E-state index < -0.39 is 26.8 Å². The van der Waals surface area contributed by atoms with Gasteiger partial charge in [0.2, 0.25) is 12.3 Å². The second-order valence-corrected chi connectivity index (χ2v) is 8.73. The Morgan fingerprint density at radius 3 is 2.53 bits per heavy atom. The summed E-state index contributed by atoms with van der Waals surface area (Å²) in [5, 5.41) is 3.30. The molecule has 0 aliphatic heterocycles. The second kappa shape index (κ2) is 10.1. The molecule has 7 nitrogen and oxygen atoms in total. The van der Waals surface area contributed by atoms with E-state index in [9.17, 15) is 21.9 Å². The van der Waals surface area contributed by atoms with Crippen molar-refractivity contribution in [2.24, 2.45) is 0 Å². The minimum atomic E-state index is -4.91. The van der Waals surface area contributed by atoms with Crippen molar-refractivity contribution in [3.63, 3.8) is 0 Å². The average Bonchev–Trinajstić information content (AvgIpc) is 2.74. The smallest absolute Gasteiger partial charge is 0.332 e. The van der Waals surface area contributed by atoms with E-state index in [0.717, 1.165) is 12.1 Å². The van der Waals surface area contributed by atoms with Crippen molar-refractivity contribution in [2.45, 2.75) is 11.4 Å². The number of carbonyl (C=O) groups excluding carboxylic acids is 2. The maximum atomic E-state index is 13.2. The highest BCUT2D eigenvalue weighted by Crippen LogP contribution is 2.26. The molecule has 1 N–H and O–H groups in total. The second-order valence-electron chi connectivity index (χ2n) is 6.57. The number of carbonyl (C=O) groups is 2. The molecule has 11 heteroatoms. The first-order valence-electron chi connectivity index (χ1n) is 9.06. The summed E-state index contributed by atoms with van der Waals surface area (Å²) in [6.45, 7) is -0.435. The molecule has 0 spiro atoms. The fourth-order valence-corrected chi connectivity index (χ4v) is 3.48. The van der Waals surface area contributed by atoms with Crippen LogP contribution in [0.5, 0.6) is 5.75 Å². The Labute approximate surface area is 193 Å². The molecule has 1 heterocycles. The summed E-state index contributed by atoms with van der Waals surface area (Å²) in [7, 11) is -4.91. The number of nitrogens with one attached hydrogen (secondary N) is 1. The molecule has 0 bridgehead atoms. The molecule has 0 atom stereocenters. The van der Waals surface area contributed by atoms with Crippen LogP contribution in [0.15, 0.2) is 71.9 Å². The number of nitrogens with zero attached hydrogens (tertiary/aromatic N) is 1. The summed E-state index contributed by atoms with van der Waals surface area (Å²) < 4.78 is 42.1. The van der Waals surface area contributed by atoms with Gasteiger partial charge in [-0.1, -0.05) is 35.3 Å². The van der Waals surface area contributed by atoms with Gasteiger partial charge in [-0.3, -0.25) is 9.59 Å². The number of aromatic nitrogens is 1. The van der Waals surface area contributed by atoms with E-state index >= 15 is 0 Å². The van der Waals surface area contributed by atoms with E-state index in [2.05, 4.69) is 5.32 Å². The van der Waals surface area contributed by atoms with Gasteiger partial charge >= 0.3 is 10.2 Å². The minimum Gasteiger partial charge on any atom is -0.484 e. The first kappa shape index (κ1) is 23.6. The molecule has 3 rings (SSSR count). The molecule has 0 fully saturated rings. The Morgan fingerprint density at radius 1 is 1.03 bits per heavy atom. The van der Waals surface area contributed by atoms with Crippen molar-refractivity contribution >= 4 is 50.8 Å². The zero-order valence-electron chi connectivity index (χ0n) is 16.3. The normalized spacial score (nSPS) is 11.1. The molecule has 3 aromatic rings. The summed E-state index contributed by atoms with van der Waals surface area (Å²) >= 11 is 11.7. The van der Waals surface area contributed by atoms with E-state index in [1.165, 1.54) is 29.0 Å². The van der Waals surface area contributed by atoms with Gasteiger partial charge in [-0.2, -0.15) is 13.0 Å². The Morgan fingerprint density at radius 2 is 1.81 bits per heavy atom. The van der Waals surface area contributed by atoms with Gasteiger partial charge in [0.25, 0.3) is 5.91 Å². The molecule has 2 aromatic carbocycles. The number of Topliss-reactive ketones (excluding diaryl/α,β-unsaturated/α-hetero) is 1. The standard InChI is InChI=1S/C21H15Cl2FN2O5S/c22-18-7-6-16(10-19(18)23)31-13-21(28)25-15-4-2-8-26(11-15)12-20(27)14-3-1-5-17(9-14)32(24,29)30/h1-11H,12-13H2/p+1. The van der Waals surface area contributed by atoms with Crippen LogP contribution in [0.2, 0.25) is 10.0 Å². The van der Waals surface area contributed by atoms with Gasteiger partial charge in [-0.25, -0.2) is 0 Å². The number of rotatable bonds is 8. The zero-order chi connectivity index (χ0) is 23.3. The Balaban J connectivity index is 1.62. The zero-order valence-corrected chi connectivity index (χ0v) is 18.6. The molecule has 0 saturated heterocycles. The van der Waals surface area contributed by atoms with E-state index in [-0.39, 0.29) is 18.7 Å². The molecule has 0 unspecified atom stereocenters. The summed E-state index contributed by atoms with van der Waals surface area (Å²) in [6, 6.07) is 12.6. The van der Waals surface area contributed by atoms with Gasteiger partial charge < -0.3 is 10.1 Å². The van der Waals surface area contributed by atoms with Crippen LogP contribution >= 0.6 is 23.2 Å². The predicted octanol–water partition coefficient (Wildman–Crippen LogP) is 3.84. The fraction of sp³-hybridized carbons (Fsp3) is 0.0952. The molecule has 0 aliphatic rings. The van der Waals surface area contributed by atoms with Crippen molar-refractivity contribution < 1.29 is 31.2 Å². The van der Waals surface area contributed by atoms with Crippen LogP contribution in [-0.4, -0.2) is 26.7 Å². The highest BCUT2D eigenvalue weighted by Gasteiger charge is 2.18. The lowest BCUT2D eigenvalue weighted by Crippen LogP contribution is -2.37. The number of pyridine rings is 1. The molecule has 0 saturated carbocycles. The highest BCUT2D eigenvalue weighted by atomic mass is 35.5. The quantitative estimate of drug-likeness (QED) is 0.290. The molecule has 0 radical (unpaired) electrons. The number of amides is 1. The molecule has 1 aromatic heterocycles. The minimum absolute atomic E-state index is 0.0423. The summed E-state index contributed by atoms with van der Waals surface area (Å²) in [4.78, 5) is 24.0. The number of ketones is 1.